The van der Waals surface area contributed by atoms with Crippen molar-refractivity contribution in [3.63, 3.8) is 0 Å². The number of hydrogen-bond acceptors (Lipinski definition) is 4. The molecular weight excluding hydrogens is 308 g/mol. The van der Waals surface area contributed by atoms with Crippen molar-refractivity contribution in [2.24, 2.45) is 5.92 Å². The van der Waals surface area contributed by atoms with Crippen molar-refractivity contribution in [1.29, 1.82) is 0 Å². The number of aromatic nitrogens is 2. The molecule has 0 aliphatic carbocycles. The molecule has 4 rings (SSSR count). The SMILES string of the molecule is CN1C(=O)C[C@H]2CCN(C(=O)c3ccc(Cn4cccn4)o3)C[C@H]21. The van der Waals surface area contributed by atoms with Crippen LogP contribution in [0.5, 0.6) is 0 Å². The van der Waals surface area contributed by atoms with Gasteiger partial charge in [0.05, 0.1) is 12.6 Å². The van der Waals surface area contributed by atoms with Gasteiger partial charge in [-0.05, 0) is 30.5 Å². The Morgan fingerprint density at radius 2 is 2.29 bits per heavy atom. The Hall–Kier alpha value is -2.57. The highest BCUT2D eigenvalue weighted by molar-refractivity contribution is 5.91. The largest absolute Gasteiger partial charge is 0.454 e. The summed E-state index contributed by atoms with van der Waals surface area (Å²) < 4.78 is 7.45. The highest BCUT2D eigenvalue weighted by Gasteiger charge is 2.42. The number of fused-ring (bicyclic) bond motifs is 1. The molecule has 0 radical (unpaired) electrons. The summed E-state index contributed by atoms with van der Waals surface area (Å²) in [5.74, 6) is 1.50. The van der Waals surface area contributed by atoms with Crippen molar-refractivity contribution >= 4 is 11.8 Å². The van der Waals surface area contributed by atoms with Gasteiger partial charge in [-0.3, -0.25) is 14.3 Å². The van der Waals surface area contributed by atoms with E-state index in [1.165, 1.54) is 0 Å². The molecule has 2 saturated heterocycles. The molecule has 7 nitrogen and oxygen atoms in total. The van der Waals surface area contributed by atoms with E-state index >= 15 is 0 Å². The maximum Gasteiger partial charge on any atom is 0.289 e. The van der Waals surface area contributed by atoms with Crippen LogP contribution < -0.4 is 0 Å². The van der Waals surface area contributed by atoms with Crippen molar-refractivity contribution in [3.8, 4) is 0 Å². The summed E-state index contributed by atoms with van der Waals surface area (Å²) in [5, 5.41) is 4.13. The number of likely N-dealkylation sites (N-methyl/N-ethyl adjacent to an activating group) is 1. The topological polar surface area (TPSA) is 71.6 Å². The number of likely N-dealkylation sites (tertiary alicyclic amines) is 2. The number of furan rings is 1. The molecule has 0 N–H and O–H groups in total. The minimum Gasteiger partial charge on any atom is -0.454 e. The van der Waals surface area contributed by atoms with Crippen LogP contribution in [0.2, 0.25) is 0 Å². The molecule has 0 bridgehead atoms. The summed E-state index contributed by atoms with van der Waals surface area (Å²) >= 11 is 0. The van der Waals surface area contributed by atoms with E-state index in [9.17, 15) is 9.59 Å². The van der Waals surface area contributed by atoms with Gasteiger partial charge in [0.1, 0.15) is 5.76 Å². The summed E-state index contributed by atoms with van der Waals surface area (Å²) in [6, 6.07) is 5.51. The number of hydrogen-bond donors (Lipinski definition) is 0. The quantitative estimate of drug-likeness (QED) is 0.849. The Morgan fingerprint density at radius 1 is 1.42 bits per heavy atom. The van der Waals surface area contributed by atoms with Crippen molar-refractivity contribution in [2.45, 2.75) is 25.4 Å². The van der Waals surface area contributed by atoms with E-state index in [2.05, 4.69) is 5.10 Å². The van der Waals surface area contributed by atoms with Crippen LogP contribution in [0, 0.1) is 5.92 Å². The lowest BCUT2D eigenvalue weighted by molar-refractivity contribution is -0.127. The lowest BCUT2D eigenvalue weighted by Gasteiger charge is -2.36. The number of carbonyl (C=O) groups excluding carboxylic acids is 2. The zero-order valence-corrected chi connectivity index (χ0v) is 13.6. The van der Waals surface area contributed by atoms with E-state index in [0.29, 0.717) is 43.5 Å². The van der Waals surface area contributed by atoms with Gasteiger partial charge in [0.25, 0.3) is 5.91 Å². The van der Waals surface area contributed by atoms with Crippen molar-refractivity contribution in [1.82, 2.24) is 19.6 Å². The second-order valence-corrected chi connectivity index (χ2v) is 6.55. The maximum absolute atomic E-state index is 12.7. The van der Waals surface area contributed by atoms with Crippen molar-refractivity contribution < 1.29 is 14.0 Å². The normalized spacial score (nSPS) is 23.6. The van der Waals surface area contributed by atoms with Crippen LogP contribution in [-0.4, -0.2) is 57.6 Å². The zero-order chi connectivity index (χ0) is 16.7. The van der Waals surface area contributed by atoms with E-state index < -0.39 is 0 Å². The summed E-state index contributed by atoms with van der Waals surface area (Å²) in [7, 11) is 1.83. The zero-order valence-electron chi connectivity index (χ0n) is 13.6. The van der Waals surface area contributed by atoms with Crippen LogP contribution in [0.4, 0.5) is 0 Å². The Morgan fingerprint density at radius 3 is 3.08 bits per heavy atom. The summed E-state index contributed by atoms with van der Waals surface area (Å²) in [6.45, 7) is 1.76. The van der Waals surface area contributed by atoms with Gasteiger partial charge in [0.2, 0.25) is 5.91 Å². The minimum absolute atomic E-state index is 0.104. The summed E-state index contributed by atoms with van der Waals surface area (Å²) in [5.41, 5.74) is 0. The molecule has 2 aliphatic heterocycles. The molecule has 7 heteroatoms. The number of amides is 2. The summed E-state index contributed by atoms with van der Waals surface area (Å²) in [6.07, 6.45) is 5.03. The van der Waals surface area contributed by atoms with E-state index in [1.807, 2.05) is 25.4 Å². The predicted octanol–water partition coefficient (Wildman–Crippen LogP) is 1.22. The first-order chi connectivity index (χ1) is 11.6. The monoisotopic (exact) mass is 328 g/mol. The van der Waals surface area contributed by atoms with Crippen LogP contribution >= 0.6 is 0 Å². The van der Waals surface area contributed by atoms with Gasteiger partial charge in [0, 0.05) is 39.0 Å². The standard InChI is InChI=1S/C17H20N4O3/c1-19-14-11-20(8-5-12(14)9-16(19)22)17(23)15-4-3-13(24-15)10-21-7-2-6-18-21/h2-4,6-7,12,14H,5,8-11H2,1H3/t12-,14-/m1/s1. The van der Waals surface area contributed by atoms with Crippen LogP contribution in [0.3, 0.4) is 0 Å². The lowest BCUT2D eigenvalue weighted by Crippen LogP contribution is -2.49. The van der Waals surface area contributed by atoms with Gasteiger partial charge in [-0.1, -0.05) is 0 Å². The average molecular weight is 328 g/mol. The highest BCUT2D eigenvalue weighted by Crippen LogP contribution is 2.32. The third-order valence-electron chi connectivity index (χ3n) is 5.09. The predicted molar refractivity (Wildman–Crippen MR) is 85.2 cm³/mol. The van der Waals surface area contributed by atoms with E-state index in [1.54, 1.807) is 26.7 Å². The van der Waals surface area contributed by atoms with E-state index in [4.69, 9.17) is 4.42 Å². The molecule has 0 unspecified atom stereocenters. The molecule has 2 aromatic heterocycles. The molecule has 24 heavy (non-hydrogen) atoms. The van der Waals surface area contributed by atoms with Crippen LogP contribution in [0.15, 0.2) is 35.0 Å². The Bertz CT molecular complexity index is 752. The fraction of sp³-hybridized carbons (Fsp3) is 0.471. The second kappa shape index (κ2) is 5.81. The molecule has 2 fully saturated rings. The third kappa shape index (κ3) is 2.60. The molecule has 4 heterocycles. The Balaban J connectivity index is 1.44. The molecule has 0 spiro atoms. The van der Waals surface area contributed by atoms with Gasteiger partial charge in [-0.15, -0.1) is 0 Å². The lowest BCUT2D eigenvalue weighted by atomic mass is 9.92. The van der Waals surface area contributed by atoms with E-state index in [0.717, 1.165) is 6.42 Å². The first-order valence-corrected chi connectivity index (χ1v) is 8.23. The van der Waals surface area contributed by atoms with Gasteiger partial charge in [0.15, 0.2) is 5.76 Å². The van der Waals surface area contributed by atoms with Crippen LogP contribution in [0.25, 0.3) is 0 Å². The molecule has 2 amide bonds. The Kier molecular flexibility index (Phi) is 3.63. The molecular formula is C17H20N4O3. The molecule has 2 aromatic rings. The first kappa shape index (κ1) is 15.0. The second-order valence-electron chi connectivity index (χ2n) is 6.55. The average Bonchev–Trinajstić information content (AvgIpc) is 3.30. The van der Waals surface area contributed by atoms with Gasteiger partial charge >= 0.3 is 0 Å². The third-order valence-corrected chi connectivity index (χ3v) is 5.09. The van der Waals surface area contributed by atoms with Gasteiger partial charge in [-0.2, -0.15) is 5.10 Å². The van der Waals surface area contributed by atoms with E-state index in [-0.39, 0.29) is 17.9 Å². The molecule has 0 aromatic carbocycles. The number of nitrogens with zero attached hydrogens (tertiary/aromatic N) is 4. The number of rotatable bonds is 3. The van der Waals surface area contributed by atoms with Crippen molar-refractivity contribution in [2.75, 3.05) is 20.1 Å². The summed E-state index contributed by atoms with van der Waals surface area (Å²) in [4.78, 5) is 28.1. The minimum atomic E-state index is -0.104. The molecule has 2 atom stereocenters. The molecule has 126 valence electrons. The molecule has 2 aliphatic rings. The smallest absolute Gasteiger partial charge is 0.289 e. The maximum atomic E-state index is 12.7. The highest BCUT2D eigenvalue weighted by atomic mass is 16.4. The van der Waals surface area contributed by atoms with Crippen LogP contribution in [0.1, 0.15) is 29.2 Å². The van der Waals surface area contributed by atoms with Crippen LogP contribution in [-0.2, 0) is 11.3 Å². The number of carbonyl (C=O) groups is 2. The molecule has 0 saturated carbocycles. The van der Waals surface area contributed by atoms with Gasteiger partial charge < -0.3 is 14.2 Å². The Labute approximate surface area is 139 Å². The van der Waals surface area contributed by atoms with Gasteiger partial charge in [-0.25, -0.2) is 0 Å². The van der Waals surface area contributed by atoms with Crippen molar-refractivity contribution in [3.05, 3.63) is 42.1 Å². The number of piperidine rings is 1. The fourth-order valence-corrected chi connectivity index (χ4v) is 3.68. The first-order valence-electron chi connectivity index (χ1n) is 8.23. The fourth-order valence-electron chi connectivity index (χ4n) is 3.68.